The van der Waals surface area contributed by atoms with Gasteiger partial charge in [-0.1, -0.05) is 31.2 Å². The van der Waals surface area contributed by atoms with E-state index in [4.69, 9.17) is 11.0 Å². The first kappa shape index (κ1) is 15.3. The second kappa shape index (κ2) is 7.05. The molecule has 1 amide bonds. The first-order valence-corrected chi connectivity index (χ1v) is 7.35. The summed E-state index contributed by atoms with van der Waals surface area (Å²) < 4.78 is 0. The molecule has 0 aromatic heterocycles. The lowest BCUT2D eigenvalue weighted by Gasteiger charge is -2.25. The molecule has 1 aromatic rings. The van der Waals surface area contributed by atoms with Crippen LogP contribution in [0.1, 0.15) is 30.9 Å². The first-order chi connectivity index (χ1) is 10.1. The fourth-order valence-corrected chi connectivity index (χ4v) is 2.59. The van der Waals surface area contributed by atoms with Gasteiger partial charge >= 0.3 is 0 Å². The Morgan fingerprint density at radius 1 is 1.38 bits per heavy atom. The molecule has 2 rings (SSSR count). The minimum Gasteiger partial charge on any atom is -0.338 e. The van der Waals surface area contributed by atoms with Crippen molar-refractivity contribution in [3.8, 4) is 6.07 Å². The van der Waals surface area contributed by atoms with Gasteiger partial charge in [0.1, 0.15) is 0 Å². The number of nitriles is 1. The summed E-state index contributed by atoms with van der Waals surface area (Å²) >= 11 is 0. The van der Waals surface area contributed by atoms with Gasteiger partial charge in [0.25, 0.3) is 0 Å². The Hall–Kier alpha value is -2.12. The molecule has 0 heterocycles. The molecule has 2 atom stereocenters. The van der Waals surface area contributed by atoms with Crippen molar-refractivity contribution < 1.29 is 4.79 Å². The topological polar surface area (TPSA) is 70.1 Å². The van der Waals surface area contributed by atoms with Crippen LogP contribution < -0.4 is 5.73 Å². The van der Waals surface area contributed by atoms with Crippen molar-refractivity contribution in [2.24, 2.45) is 11.7 Å². The summed E-state index contributed by atoms with van der Waals surface area (Å²) in [5.41, 5.74) is 7.51. The molecular formula is C17H21N3O. The third kappa shape index (κ3) is 3.93. The Labute approximate surface area is 125 Å². The number of amides is 1. The zero-order valence-electron chi connectivity index (χ0n) is 12.3. The van der Waals surface area contributed by atoms with Crippen LogP contribution in [0.15, 0.2) is 36.4 Å². The third-order valence-corrected chi connectivity index (χ3v) is 3.70. The van der Waals surface area contributed by atoms with E-state index in [2.05, 4.69) is 13.0 Å². The van der Waals surface area contributed by atoms with E-state index in [1.54, 1.807) is 12.1 Å². The van der Waals surface area contributed by atoms with E-state index < -0.39 is 0 Å². The van der Waals surface area contributed by atoms with Crippen molar-refractivity contribution in [2.45, 2.75) is 32.4 Å². The molecule has 0 spiro atoms. The SMILES string of the molecule is CCCN(Cc1ccc(C#N)cc1)C(=O)C1C=CC(N)C1. The highest BCUT2D eigenvalue weighted by atomic mass is 16.2. The Morgan fingerprint density at radius 3 is 2.62 bits per heavy atom. The highest BCUT2D eigenvalue weighted by molar-refractivity contribution is 5.81. The van der Waals surface area contributed by atoms with Gasteiger partial charge < -0.3 is 10.6 Å². The third-order valence-electron chi connectivity index (χ3n) is 3.70. The Balaban J connectivity index is 2.06. The first-order valence-electron chi connectivity index (χ1n) is 7.35. The number of carbonyl (C=O) groups is 1. The molecule has 0 fully saturated rings. The van der Waals surface area contributed by atoms with Crippen molar-refractivity contribution in [2.75, 3.05) is 6.54 Å². The Bertz CT molecular complexity index is 556. The van der Waals surface area contributed by atoms with E-state index in [-0.39, 0.29) is 17.9 Å². The van der Waals surface area contributed by atoms with Gasteiger partial charge in [-0.3, -0.25) is 4.79 Å². The molecule has 2 N–H and O–H groups in total. The standard InChI is InChI=1S/C17H21N3O/c1-2-9-20(17(21)15-7-8-16(19)10-15)12-14-5-3-13(11-18)4-6-14/h3-8,15-16H,2,9-10,12,19H2,1H3. The van der Waals surface area contributed by atoms with Gasteiger partial charge in [0, 0.05) is 19.1 Å². The molecule has 1 aliphatic carbocycles. The van der Waals surface area contributed by atoms with Gasteiger partial charge in [-0.25, -0.2) is 0 Å². The van der Waals surface area contributed by atoms with Crippen LogP contribution in [0.2, 0.25) is 0 Å². The van der Waals surface area contributed by atoms with Crippen LogP contribution >= 0.6 is 0 Å². The van der Waals surface area contributed by atoms with Crippen LogP contribution in [0.3, 0.4) is 0 Å². The molecule has 0 saturated heterocycles. The normalized spacial score (nSPS) is 20.2. The van der Waals surface area contributed by atoms with Crippen LogP contribution in [0.25, 0.3) is 0 Å². The summed E-state index contributed by atoms with van der Waals surface area (Å²) in [5.74, 6) is 0.0512. The van der Waals surface area contributed by atoms with Gasteiger partial charge in [0.2, 0.25) is 5.91 Å². The maximum Gasteiger partial charge on any atom is 0.229 e. The fourth-order valence-electron chi connectivity index (χ4n) is 2.59. The summed E-state index contributed by atoms with van der Waals surface area (Å²) in [7, 11) is 0. The minimum atomic E-state index is -0.0927. The summed E-state index contributed by atoms with van der Waals surface area (Å²) in [6, 6.07) is 9.49. The molecule has 4 nitrogen and oxygen atoms in total. The van der Waals surface area contributed by atoms with E-state index >= 15 is 0 Å². The van der Waals surface area contributed by atoms with Crippen LogP contribution in [-0.4, -0.2) is 23.4 Å². The molecule has 1 aliphatic rings. The number of nitrogens with two attached hydrogens (primary N) is 1. The highest BCUT2D eigenvalue weighted by Gasteiger charge is 2.26. The van der Waals surface area contributed by atoms with Gasteiger partial charge in [0.15, 0.2) is 0 Å². The van der Waals surface area contributed by atoms with Crippen molar-refractivity contribution in [3.63, 3.8) is 0 Å². The molecule has 110 valence electrons. The zero-order valence-corrected chi connectivity index (χ0v) is 12.3. The summed E-state index contributed by atoms with van der Waals surface area (Å²) in [6.45, 7) is 3.38. The van der Waals surface area contributed by atoms with Crippen LogP contribution in [-0.2, 0) is 11.3 Å². The van der Waals surface area contributed by atoms with Gasteiger partial charge in [-0.05, 0) is 30.5 Å². The van der Waals surface area contributed by atoms with Crippen molar-refractivity contribution in [1.82, 2.24) is 4.90 Å². The number of carbonyl (C=O) groups excluding carboxylic acids is 1. The van der Waals surface area contributed by atoms with Crippen molar-refractivity contribution in [3.05, 3.63) is 47.5 Å². The molecule has 0 saturated carbocycles. The van der Waals surface area contributed by atoms with E-state index in [1.807, 2.05) is 29.2 Å². The second-order valence-electron chi connectivity index (χ2n) is 5.46. The molecule has 1 aromatic carbocycles. The van der Waals surface area contributed by atoms with E-state index in [0.29, 0.717) is 18.5 Å². The zero-order chi connectivity index (χ0) is 15.2. The molecule has 0 bridgehead atoms. The quantitative estimate of drug-likeness (QED) is 0.842. The summed E-state index contributed by atoms with van der Waals surface area (Å²) in [6.07, 6.45) is 5.46. The molecule has 4 heteroatoms. The molecular weight excluding hydrogens is 262 g/mol. The minimum absolute atomic E-state index is 0.00246. The van der Waals surface area contributed by atoms with E-state index in [1.165, 1.54) is 0 Å². The van der Waals surface area contributed by atoms with Gasteiger partial charge in [-0.15, -0.1) is 0 Å². The van der Waals surface area contributed by atoms with Crippen LogP contribution in [0.4, 0.5) is 0 Å². The monoisotopic (exact) mass is 283 g/mol. The molecule has 0 aliphatic heterocycles. The predicted octanol–water partition coefficient (Wildman–Crippen LogP) is 2.20. The van der Waals surface area contributed by atoms with Gasteiger partial charge in [-0.2, -0.15) is 5.26 Å². The molecule has 2 unspecified atom stereocenters. The fraction of sp³-hybridized carbons (Fsp3) is 0.412. The number of benzene rings is 1. The highest BCUT2D eigenvalue weighted by Crippen LogP contribution is 2.20. The van der Waals surface area contributed by atoms with Gasteiger partial charge in [0.05, 0.1) is 17.6 Å². The van der Waals surface area contributed by atoms with E-state index in [0.717, 1.165) is 18.5 Å². The maximum atomic E-state index is 12.6. The lowest BCUT2D eigenvalue weighted by molar-refractivity contribution is -0.134. The Kier molecular flexibility index (Phi) is 5.13. The summed E-state index contributed by atoms with van der Waals surface area (Å²) in [4.78, 5) is 14.5. The molecule has 0 radical (unpaired) electrons. The largest absolute Gasteiger partial charge is 0.338 e. The smallest absolute Gasteiger partial charge is 0.229 e. The number of rotatable bonds is 5. The van der Waals surface area contributed by atoms with E-state index in [9.17, 15) is 4.79 Å². The van der Waals surface area contributed by atoms with Crippen LogP contribution in [0.5, 0.6) is 0 Å². The van der Waals surface area contributed by atoms with Crippen molar-refractivity contribution >= 4 is 5.91 Å². The maximum absolute atomic E-state index is 12.6. The summed E-state index contributed by atoms with van der Waals surface area (Å²) in [5, 5.41) is 8.82. The van der Waals surface area contributed by atoms with Crippen LogP contribution in [0, 0.1) is 17.2 Å². The number of nitrogens with zero attached hydrogens (tertiary/aromatic N) is 2. The lowest BCUT2D eigenvalue weighted by atomic mass is 10.1. The second-order valence-corrected chi connectivity index (χ2v) is 5.46. The molecule has 21 heavy (non-hydrogen) atoms. The van der Waals surface area contributed by atoms with Crippen molar-refractivity contribution in [1.29, 1.82) is 5.26 Å². The Morgan fingerprint density at radius 2 is 2.10 bits per heavy atom. The lowest BCUT2D eigenvalue weighted by Crippen LogP contribution is -2.36. The number of hydrogen-bond acceptors (Lipinski definition) is 3. The average molecular weight is 283 g/mol. The average Bonchev–Trinajstić information content (AvgIpc) is 2.93. The number of hydrogen-bond donors (Lipinski definition) is 1. The predicted molar refractivity (Wildman–Crippen MR) is 82.1 cm³/mol.